The second kappa shape index (κ2) is 7.20. The number of hydrogen-bond donors (Lipinski definition) is 1. The van der Waals surface area contributed by atoms with Crippen molar-refractivity contribution in [1.82, 2.24) is 0 Å². The van der Waals surface area contributed by atoms with E-state index in [-0.39, 0.29) is 12.1 Å². The molecule has 0 aliphatic heterocycles. The van der Waals surface area contributed by atoms with Crippen LogP contribution in [0.1, 0.15) is 31.4 Å². The van der Waals surface area contributed by atoms with Crippen LogP contribution in [0, 0.1) is 0 Å². The van der Waals surface area contributed by atoms with Crippen LogP contribution in [0.5, 0.6) is 0 Å². The van der Waals surface area contributed by atoms with Crippen LogP contribution in [-0.4, -0.2) is 12.6 Å². The minimum absolute atomic E-state index is 0.00819. The van der Waals surface area contributed by atoms with Crippen molar-refractivity contribution >= 4 is 0 Å². The number of hydrogen-bond acceptors (Lipinski definition) is 2. The van der Waals surface area contributed by atoms with Crippen LogP contribution < -0.4 is 5.73 Å². The summed E-state index contributed by atoms with van der Waals surface area (Å²) in [6, 6.07) is 10.2. The van der Waals surface area contributed by atoms with E-state index in [0.29, 0.717) is 6.61 Å². The molecule has 1 aromatic carbocycles. The first-order valence-corrected chi connectivity index (χ1v) is 5.82. The maximum absolute atomic E-state index is 6.15. The zero-order valence-corrected chi connectivity index (χ0v) is 9.93. The van der Waals surface area contributed by atoms with E-state index in [1.807, 2.05) is 31.2 Å². The fourth-order valence-corrected chi connectivity index (χ4v) is 1.75. The van der Waals surface area contributed by atoms with Gasteiger partial charge in [0.15, 0.2) is 0 Å². The van der Waals surface area contributed by atoms with E-state index >= 15 is 0 Å². The summed E-state index contributed by atoms with van der Waals surface area (Å²) < 4.78 is 5.73. The Balaban J connectivity index is 2.70. The molecule has 0 aliphatic rings. The minimum Gasteiger partial charge on any atom is -0.372 e. The SMILES string of the molecule is C=CCCC(N)C(OCC)c1ccccc1. The third kappa shape index (κ3) is 3.80. The smallest absolute Gasteiger partial charge is 0.0975 e. The van der Waals surface area contributed by atoms with E-state index in [2.05, 4.69) is 18.7 Å². The molecule has 0 saturated carbocycles. The first kappa shape index (κ1) is 12.9. The molecule has 0 radical (unpaired) electrons. The summed E-state index contributed by atoms with van der Waals surface area (Å²) in [7, 11) is 0. The maximum Gasteiger partial charge on any atom is 0.0975 e. The van der Waals surface area contributed by atoms with Gasteiger partial charge in [0.25, 0.3) is 0 Å². The number of nitrogens with two attached hydrogens (primary N) is 1. The Morgan fingerprint density at radius 2 is 2.06 bits per heavy atom. The first-order chi connectivity index (χ1) is 7.79. The van der Waals surface area contributed by atoms with Crippen molar-refractivity contribution in [3.63, 3.8) is 0 Å². The maximum atomic E-state index is 6.15. The largest absolute Gasteiger partial charge is 0.372 e. The van der Waals surface area contributed by atoms with Gasteiger partial charge in [-0.05, 0) is 25.3 Å². The molecular formula is C14H21NO. The second-order valence-corrected chi connectivity index (χ2v) is 3.82. The molecule has 2 N–H and O–H groups in total. The van der Waals surface area contributed by atoms with E-state index in [0.717, 1.165) is 18.4 Å². The molecule has 0 spiro atoms. The molecule has 0 bridgehead atoms. The zero-order valence-electron chi connectivity index (χ0n) is 9.93. The van der Waals surface area contributed by atoms with Gasteiger partial charge >= 0.3 is 0 Å². The Bertz CT molecular complexity index is 297. The van der Waals surface area contributed by atoms with Crippen LogP contribution in [0.15, 0.2) is 43.0 Å². The molecule has 1 aromatic rings. The average Bonchev–Trinajstić information content (AvgIpc) is 2.34. The van der Waals surface area contributed by atoms with Crippen LogP contribution in [0.25, 0.3) is 0 Å². The Kier molecular flexibility index (Phi) is 5.83. The summed E-state index contributed by atoms with van der Waals surface area (Å²) in [6.45, 7) is 6.39. The van der Waals surface area contributed by atoms with Crippen molar-refractivity contribution in [2.24, 2.45) is 5.73 Å². The predicted molar refractivity (Wildman–Crippen MR) is 68.2 cm³/mol. The number of rotatable bonds is 7. The molecule has 0 heterocycles. The van der Waals surface area contributed by atoms with Crippen LogP contribution in [0.4, 0.5) is 0 Å². The highest BCUT2D eigenvalue weighted by atomic mass is 16.5. The first-order valence-electron chi connectivity index (χ1n) is 5.82. The summed E-state index contributed by atoms with van der Waals surface area (Å²) >= 11 is 0. The summed E-state index contributed by atoms with van der Waals surface area (Å²) in [5, 5.41) is 0. The summed E-state index contributed by atoms with van der Waals surface area (Å²) in [5.74, 6) is 0. The quantitative estimate of drug-likeness (QED) is 0.715. The van der Waals surface area contributed by atoms with Crippen LogP contribution in [0.3, 0.4) is 0 Å². The Labute approximate surface area is 98.1 Å². The van der Waals surface area contributed by atoms with Crippen molar-refractivity contribution < 1.29 is 4.74 Å². The summed E-state index contributed by atoms with van der Waals surface area (Å²) in [6.07, 6.45) is 3.72. The third-order valence-electron chi connectivity index (χ3n) is 2.57. The van der Waals surface area contributed by atoms with Gasteiger partial charge in [0.05, 0.1) is 6.10 Å². The molecule has 2 unspecified atom stereocenters. The molecule has 0 aromatic heterocycles. The zero-order chi connectivity index (χ0) is 11.8. The van der Waals surface area contributed by atoms with Crippen molar-refractivity contribution in [3.05, 3.63) is 48.6 Å². The van der Waals surface area contributed by atoms with Gasteiger partial charge in [-0.25, -0.2) is 0 Å². The van der Waals surface area contributed by atoms with E-state index in [1.54, 1.807) is 0 Å². The third-order valence-corrected chi connectivity index (χ3v) is 2.57. The Hall–Kier alpha value is -1.12. The molecule has 2 atom stereocenters. The predicted octanol–water partition coefficient (Wildman–Crippen LogP) is 3.06. The van der Waals surface area contributed by atoms with E-state index in [1.165, 1.54) is 0 Å². The lowest BCUT2D eigenvalue weighted by Gasteiger charge is -2.23. The molecule has 2 heteroatoms. The molecule has 0 fully saturated rings. The molecule has 16 heavy (non-hydrogen) atoms. The molecular weight excluding hydrogens is 198 g/mol. The summed E-state index contributed by atoms with van der Waals surface area (Å²) in [4.78, 5) is 0. The second-order valence-electron chi connectivity index (χ2n) is 3.82. The number of ether oxygens (including phenoxy) is 1. The lowest BCUT2D eigenvalue weighted by Crippen LogP contribution is -2.30. The highest BCUT2D eigenvalue weighted by Crippen LogP contribution is 2.22. The molecule has 0 saturated heterocycles. The van der Waals surface area contributed by atoms with Crippen molar-refractivity contribution in [1.29, 1.82) is 0 Å². The molecule has 88 valence electrons. The average molecular weight is 219 g/mol. The monoisotopic (exact) mass is 219 g/mol. The lowest BCUT2D eigenvalue weighted by molar-refractivity contribution is 0.0415. The van der Waals surface area contributed by atoms with Gasteiger partial charge in [-0.2, -0.15) is 0 Å². The van der Waals surface area contributed by atoms with E-state index in [4.69, 9.17) is 10.5 Å². The highest BCUT2D eigenvalue weighted by Gasteiger charge is 2.18. The number of benzene rings is 1. The molecule has 0 aliphatic carbocycles. The van der Waals surface area contributed by atoms with Gasteiger partial charge in [-0.1, -0.05) is 36.4 Å². The highest BCUT2D eigenvalue weighted by molar-refractivity contribution is 5.19. The van der Waals surface area contributed by atoms with Gasteiger partial charge in [-0.3, -0.25) is 0 Å². The van der Waals surface area contributed by atoms with E-state index < -0.39 is 0 Å². The molecule has 1 rings (SSSR count). The Morgan fingerprint density at radius 3 is 2.62 bits per heavy atom. The topological polar surface area (TPSA) is 35.2 Å². The molecule has 2 nitrogen and oxygen atoms in total. The number of allylic oxidation sites excluding steroid dienone is 1. The van der Waals surface area contributed by atoms with Crippen LogP contribution >= 0.6 is 0 Å². The molecule has 0 amide bonds. The van der Waals surface area contributed by atoms with Crippen molar-refractivity contribution in [2.45, 2.75) is 31.9 Å². The van der Waals surface area contributed by atoms with Crippen molar-refractivity contribution in [3.8, 4) is 0 Å². The van der Waals surface area contributed by atoms with Gasteiger partial charge in [-0.15, -0.1) is 6.58 Å². The van der Waals surface area contributed by atoms with Gasteiger partial charge in [0.1, 0.15) is 0 Å². The van der Waals surface area contributed by atoms with Gasteiger partial charge in [0.2, 0.25) is 0 Å². The van der Waals surface area contributed by atoms with Crippen LogP contribution in [-0.2, 0) is 4.74 Å². The van der Waals surface area contributed by atoms with Crippen molar-refractivity contribution in [2.75, 3.05) is 6.61 Å². The van der Waals surface area contributed by atoms with E-state index in [9.17, 15) is 0 Å². The minimum atomic E-state index is -0.00819. The lowest BCUT2D eigenvalue weighted by atomic mass is 9.99. The fourth-order valence-electron chi connectivity index (χ4n) is 1.75. The standard InChI is InChI=1S/C14H21NO/c1-3-5-11-13(15)14(16-4-2)12-9-7-6-8-10-12/h3,6-10,13-14H,1,4-5,11,15H2,2H3. The van der Waals surface area contributed by atoms with Gasteiger partial charge in [0, 0.05) is 12.6 Å². The summed E-state index contributed by atoms with van der Waals surface area (Å²) in [5.41, 5.74) is 7.30. The fraction of sp³-hybridized carbons (Fsp3) is 0.429. The van der Waals surface area contributed by atoms with Gasteiger partial charge < -0.3 is 10.5 Å². The normalized spacial score (nSPS) is 14.4. The Morgan fingerprint density at radius 1 is 1.38 bits per heavy atom. The van der Waals surface area contributed by atoms with Crippen LogP contribution in [0.2, 0.25) is 0 Å².